The van der Waals surface area contributed by atoms with Crippen LogP contribution in [0.15, 0.2) is 17.2 Å². The Morgan fingerprint density at radius 1 is 1.67 bits per heavy atom. The molecule has 0 N–H and O–H groups in total. The minimum Gasteiger partial charge on any atom is -0.300 e. The molecular weight excluding hydrogens is 202 g/mol. The van der Waals surface area contributed by atoms with Crippen LogP contribution in [0.4, 0.5) is 5.69 Å². The average Bonchev–Trinajstić information content (AvgIpc) is 2.16. The number of hydrogen-bond acceptors (Lipinski definition) is 5. The summed E-state index contributed by atoms with van der Waals surface area (Å²) in [5.74, 6) is -0.0894. The molecule has 0 atom stereocenters. The van der Waals surface area contributed by atoms with Crippen LogP contribution in [-0.2, 0) is 11.3 Å². The molecule has 0 amide bonds. The summed E-state index contributed by atoms with van der Waals surface area (Å²) < 4.78 is 1.06. The van der Waals surface area contributed by atoms with Crippen LogP contribution in [0.5, 0.6) is 0 Å². The van der Waals surface area contributed by atoms with Crippen LogP contribution >= 0.6 is 0 Å². The Morgan fingerprint density at radius 2 is 2.33 bits per heavy atom. The summed E-state index contributed by atoms with van der Waals surface area (Å²) in [5.41, 5.74) is -0.861. The van der Waals surface area contributed by atoms with Crippen LogP contribution in [0.25, 0.3) is 0 Å². The summed E-state index contributed by atoms with van der Waals surface area (Å²) in [7, 11) is 0. The van der Waals surface area contributed by atoms with E-state index in [-0.39, 0.29) is 24.4 Å². The van der Waals surface area contributed by atoms with Crippen molar-refractivity contribution >= 4 is 11.5 Å². The van der Waals surface area contributed by atoms with Gasteiger partial charge < -0.3 is 0 Å². The fourth-order valence-electron chi connectivity index (χ4n) is 0.976. The molecule has 15 heavy (non-hydrogen) atoms. The molecule has 0 aliphatic carbocycles. The molecule has 0 unspecified atom stereocenters. The SMILES string of the molecule is CC(=O)CCn1cc([N+](=O)[O-])cnc1=O. The maximum absolute atomic E-state index is 11.1. The number of ketones is 1. The van der Waals surface area contributed by atoms with Gasteiger partial charge in [-0.2, -0.15) is 4.98 Å². The lowest BCUT2D eigenvalue weighted by atomic mass is 10.3. The smallest absolute Gasteiger partial charge is 0.300 e. The summed E-state index contributed by atoms with van der Waals surface area (Å²) >= 11 is 0. The van der Waals surface area contributed by atoms with Crippen molar-refractivity contribution < 1.29 is 9.72 Å². The van der Waals surface area contributed by atoms with E-state index in [2.05, 4.69) is 4.98 Å². The third kappa shape index (κ3) is 2.97. The molecule has 7 heteroatoms. The molecule has 0 spiro atoms. The molecule has 0 aliphatic rings. The number of carbonyl (C=O) groups is 1. The van der Waals surface area contributed by atoms with Gasteiger partial charge in [0.05, 0.1) is 11.1 Å². The van der Waals surface area contributed by atoms with Gasteiger partial charge in [-0.1, -0.05) is 0 Å². The van der Waals surface area contributed by atoms with Gasteiger partial charge >= 0.3 is 11.4 Å². The second-order valence-corrected chi connectivity index (χ2v) is 3.00. The molecule has 0 aliphatic heterocycles. The Morgan fingerprint density at radius 3 is 2.87 bits per heavy atom. The minimum absolute atomic E-state index is 0.0894. The van der Waals surface area contributed by atoms with E-state index in [9.17, 15) is 19.7 Å². The van der Waals surface area contributed by atoms with Crippen molar-refractivity contribution in [3.05, 3.63) is 33.0 Å². The summed E-state index contributed by atoms with van der Waals surface area (Å²) in [6.07, 6.45) is 2.13. The van der Waals surface area contributed by atoms with E-state index in [4.69, 9.17) is 0 Å². The van der Waals surface area contributed by atoms with E-state index in [1.165, 1.54) is 6.92 Å². The molecule has 0 bridgehead atoms. The second kappa shape index (κ2) is 4.45. The van der Waals surface area contributed by atoms with E-state index in [0.717, 1.165) is 17.0 Å². The van der Waals surface area contributed by atoms with Gasteiger partial charge in [0, 0.05) is 13.0 Å². The van der Waals surface area contributed by atoms with E-state index >= 15 is 0 Å². The van der Waals surface area contributed by atoms with Crippen LogP contribution in [0.1, 0.15) is 13.3 Å². The predicted octanol–water partition coefficient (Wildman–Crippen LogP) is 0.131. The highest BCUT2D eigenvalue weighted by Crippen LogP contribution is 2.04. The van der Waals surface area contributed by atoms with Gasteiger partial charge in [-0.05, 0) is 6.92 Å². The van der Waals surface area contributed by atoms with Gasteiger partial charge in [-0.15, -0.1) is 0 Å². The zero-order valence-electron chi connectivity index (χ0n) is 8.04. The third-order valence-electron chi connectivity index (χ3n) is 1.76. The molecule has 7 nitrogen and oxygen atoms in total. The number of Topliss-reactive ketones (excluding diaryl/α,β-unsaturated/α-hetero) is 1. The normalized spacial score (nSPS) is 9.93. The molecule has 1 rings (SSSR count). The summed E-state index contributed by atoms with van der Waals surface area (Å²) in [4.78, 5) is 34.9. The Balaban J connectivity index is 2.95. The van der Waals surface area contributed by atoms with Crippen molar-refractivity contribution in [2.24, 2.45) is 0 Å². The summed E-state index contributed by atoms with van der Waals surface area (Å²) in [5, 5.41) is 10.4. The highest BCUT2D eigenvalue weighted by molar-refractivity contribution is 5.75. The van der Waals surface area contributed by atoms with Crippen molar-refractivity contribution in [3.8, 4) is 0 Å². The lowest BCUT2D eigenvalue weighted by Gasteiger charge is -2.01. The molecular formula is C8H9N3O4. The Labute approximate surface area is 84.5 Å². The highest BCUT2D eigenvalue weighted by atomic mass is 16.6. The first-order valence-electron chi connectivity index (χ1n) is 4.21. The Hall–Kier alpha value is -2.05. The number of nitrogens with zero attached hydrogens (tertiary/aromatic N) is 3. The van der Waals surface area contributed by atoms with Gasteiger partial charge in [0.25, 0.3) is 0 Å². The molecule has 0 radical (unpaired) electrons. The topological polar surface area (TPSA) is 95.1 Å². The molecule has 80 valence electrons. The number of rotatable bonds is 4. The highest BCUT2D eigenvalue weighted by Gasteiger charge is 2.08. The van der Waals surface area contributed by atoms with Crippen LogP contribution in [0.2, 0.25) is 0 Å². The molecule has 0 saturated heterocycles. The molecule has 1 aromatic heterocycles. The van der Waals surface area contributed by atoms with Crippen molar-refractivity contribution in [2.45, 2.75) is 19.9 Å². The molecule has 1 heterocycles. The van der Waals surface area contributed by atoms with Crippen molar-refractivity contribution in [3.63, 3.8) is 0 Å². The first-order valence-corrected chi connectivity index (χ1v) is 4.21. The first-order chi connectivity index (χ1) is 7.00. The number of aromatic nitrogens is 2. The number of nitro groups is 1. The molecule has 1 aromatic rings. The van der Waals surface area contributed by atoms with Crippen LogP contribution < -0.4 is 5.69 Å². The largest absolute Gasteiger partial charge is 0.347 e. The third-order valence-corrected chi connectivity index (χ3v) is 1.76. The van der Waals surface area contributed by atoms with Gasteiger partial charge in [0.2, 0.25) is 0 Å². The first kappa shape index (κ1) is 11.0. The van der Waals surface area contributed by atoms with E-state index in [1.54, 1.807) is 0 Å². The standard InChI is InChI=1S/C8H9N3O4/c1-6(12)2-3-10-5-7(11(14)15)4-9-8(10)13/h4-5H,2-3H2,1H3. The van der Waals surface area contributed by atoms with Crippen LogP contribution in [0, 0.1) is 10.1 Å². The number of carbonyl (C=O) groups excluding carboxylic acids is 1. The van der Waals surface area contributed by atoms with Crippen LogP contribution in [0.3, 0.4) is 0 Å². The van der Waals surface area contributed by atoms with Crippen LogP contribution in [-0.4, -0.2) is 20.3 Å². The molecule has 0 saturated carbocycles. The van der Waals surface area contributed by atoms with E-state index in [1.807, 2.05) is 0 Å². The second-order valence-electron chi connectivity index (χ2n) is 3.00. The lowest BCUT2D eigenvalue weighted by Crippen LogP contribution is -2.23. The number of aryl methyl sites for hydroxylation is 1. The maximum Gasteiger partial charge on any atom is 0.347 e. The molecule has 0 fully saturated rings. The quantitative estimate of drug-likeness (QED) is 0.521. The van der Waals surface area contributed by atoms with E-state index < -0.39 is 10.6 Å². The number of hydrogen-bond donors (Lipinski definition) is 0. The van der Waals surface area contributed by atoms with E-state index in [0.29, 0.717) is 0 Å². The summed E-state index contributed by atoms with van der Waals surface area (Å²) in [6, 6.07) is 0. The molecule has 0 aromatic carbocycles. The van der Waals surface area contributed by atoms with Crippen molar-refractivity contribution in [2.75, 3.05) is 0 Å². The Bertz CT molecular complexity index is 451. The van der Waals surface area contributed by atoms with Crippen molar-refractivity contribution in [1.29, 1.82) is 0 Å². The lowest BCUT2D eigenvalue weighted by molar-refractivity contribution is -0.385. The summed E-state index contributed by atoms with van der Waals surface area (Å²) in [6.45, 7) is 1.50. The average molecular weight is 211 g/mol. The van der Waals surface area contributed by atoms with Gasteiger partial charge in [0.15, 0.2) is 0 Å². The zero-order valence-corrected chi connectivity index (χ0v) is 8.04. The van der Waals surface area contributed by atoms with Crippen molar-refractivity contribution in [1.82, 2.24) is 9.55 Å². The van der Waals surface area contributed by atoms with Gasteiger partial charge in [-0.3, -0.25) is 19.5 Å². The van der Waals surface area contributed by atoms with Gasteiger partial charge in [-0.25, -0.2) is 4.79 Å². The Kier molecular flexibility index (Phi) is 3.27. The fraction of sp³-hybridized carbons (Fsp3) is 0.375. The zero-order chi connectivity index (χ0) is 11.4. The minimum atomic E-state index is -0.642. The maximum atomic E-state index is 11.1. The predicted molar refractivity (Wildman–Crippen MR) is 50.4 cm³/mol. The monoisotopic (exact) mass is 211 g/mol. The fourth-order valence-corrected chi connectivity index (χ4v) is 0.976. The van der Waals surface area contributed by atoms with Gasteiger partial charge in [0.1, 0.15) is 12.0 Å².